The van der Waals surface area contributed by atoms with Crippen LogP contribution < -0.4 is 0 Å². The van der Waals surface area contributed by atoms with Gasteiger partial charge in [0.2, 0.25) is 0 Å². The van der Waals surface area contributed by atoms with E-state index in [1.165, 1.54) is 72.3 Å². The van der Waals surface area contributed by atoms with Crippen molar-refractivity contribution >= 4 is 0 Å². The smallest absolute Gasteiger partial charge is 0.0889 e. The number of aromatic nitrogens is 16. The third kappa shape index (κ3) is 26.4. The third-order valence-corrected chi connectivity index (χ3v) is 17.3. The molecule has 112 heavy (non-hydrogen) atoms. The van der Waals surface area contributed by atoms with Gasteiger partial charge in [0.1, 0.15) is 0 Å². The van der Waals surface area contributed by atoms with Crippen LogP contribution in [-0.4, -0.2) is 79.7 Å². The molecule has 560 valence electrons. The predicted octanol–water partition coefficient (Wildman–Crippen LogP) is 22.1. The van der Waals surface area contributed by atoms with Crippen molar-refractivity contribution in [1.82, 2.24) is 79.7 Å². The van der Waals surface area contributed by atoms with E-state index in [1.807, 2.05) is 339 Å². The molecule has 0 amide bonds. The van der Waals surface area contributed by atoms with Crippen molar-refractivity contribution in [2.45, 2.75) is 111 Å². The highest BCUT2D eigenvalue weighted by molar-refractivity contribution is 5.70. The molecular formula is C96H96N16. The Morgan fingerprint density at radius 3 is 0.929 bits per heavy atom. The Bertz CT molecular complexity index is 5000. The lowest BCUT2D eigenvalue weighted by molar-refractivity contribution is 1.17. The monoisotopic (exact) mass is 1470 g/mol. The molecule has 16 heteroatoms. The Morgan fingerprint density at radius 1 is 0.170 bits per heavy atom. The topological polar surface area (TPSA) is 206 Å². The fourth-order valence-corrected chi connectivity index (χ4v) is 11.1. The Hall–Kier alpha value is -13.6. The lowest BCUT2D eigenvalue weighted by Crippen LogP contribution is -1.89. The zero-order valence-electron chi connectivity index (χ0n) is 66.9. The highest BCUT2D eigenvalue weighted by Crippen LogP contribution is 2.27. The summed E-state index contributed by atoms with van der Waals surface area (Å²) in [7, 11) is 0. The molecule has 0 radical (unpaired) electrons. The summed E-state index contributed by atoms with van der Waals surface area (Å²) in [6.07, 6.45) is 33.2. The Labute approximate surface area is 660 Å². The zero-order chi connectivity index (χ0) is 79.7. The summed E-state index contributed by atoms with van der Waals surface area (Å²) in [6.45, 7) is 32.4. The van der Waals surface area contributed by atoms with Gasteiger partial charge in [-0.15, -0.1) is 0 Å². The van der Waals surface area contributed by atoms with Crippen LogP contribution in [0.1, 0.15) is 89.9 Å². The average molecular weight is 1470 g/mol. The number of hydrogen-bond acceptors (Lipinski definition) is 16. The minimum absolute atomic E-state index is 0.930. The van der Waals surface area contributed by atoms with Crippen molar-refractivity contribution in [1.29, 1.82) is 0 Å². The number of nitrogens with zero attached hydrogens (tertiary/aromatic N) is 16. The van der Waals surface area contributed by atoms with Crippen LogP contribution in [0.15, 0.2) is 294 Å². The number of hydrogen-bond donors (Lipinski definition) is 0. The summed E-state index contributed by atoms with van der Waals surface area (Å²) in [6, 6.07) is 60.6. The lowest BCUT2D eigenvalue weighted by atomic mass is 10.0. The molecule has 0 aliphatic rings. The first kappa shape index (κ1) is 82.5. The van der Waals surface area contributed by atoms with Gasteiger partial charge >= 0.3 is 0 Å². The van der Waals surface area contributed by atoms with Crippen molar-refractivity contribution in [3.05, 3.63) is 383 Å². The van der Waals surface area contributed by atoms with Gasteiger partial charge in [0.15, 0.2) is 0 Å². The van der Waals surface area contributed by atoms with Gasteiger partial charge in [-0.1, -0.05) is 30.3 Å². The number of rotatable bonds is 8. The normalized spacial score (nSPS) is 10.1. The van der Waals surface area contributed by atoms with Crippen molar-refractivity contribution in [2.75, 3.05) is 0 Å². The van der Waals surface area contributed by atoms with Crippen LogP contribution in [0.4, 0.5) is 0 Å². The quantitative estimate of drug-likeness (QED) is 0.139. The van der Waals surface area contributed by atoms with Gasteiger partial charge < -0.3 is 0 Å². The molecule has 16 heterocycles. The van der Waals surface area contributed by atoms with E-state index in [4.69, 9.17) is 0 Å². The molecule has 0 aliphatic carbocycles. The zero-order valence-corrected chi connectivity index (χ0v) is 66.9. The molecule has 0 atom stereocenters. The Kier molecular flexibility index (Phi) is 31.1. The van der Waals surface area contributed by atoms with E-state index in [9.17, 15) is 0 Å². The van der Waals surface area contributed by atoms with Crippen molar-refractivity contribution in [3.8, 4) is 89.9 Å². The fourth-order valence-electron chi connectivity index (χ4n) is 11.1. The van der Waals surface area contributed by atoms with Gasteiger partial charge in [0.25, 0.3) is 0 Å². The van der Waals surface area contributed by atoms with E-state index in [0.29, 0.717) is 0 Å². The van der Waals surface area contributed by atoms with Crippen LogP contribution in [0.5, 0.6) is 0 Å². The molecular weight excluding hydrogens is 1380 g/mol. The van der Waals surface area contributed by atoms with Crippen LogP contribution in [-0.2, 0) is 0 Å². The number of pyridine rings is 16. The first-order chi connectivity index (χ1) is 54.1. The molecule has 0 bridgehead atoms. The molecule has 0 saturated carbocycles. The minimum atomic E-state index is 0.930. The summed E-state index contributed by atoms with van der Waals surface area (Å²) < 4.78 is 0. The van der Waals surface area contributed by atoms with Crippen LogP contribution in [0.25, 0.3) is 89.9 Å². The molecule has 0 spiro atoms. The molecule has 0 saturated heterocycles. The Balaban J connectivity index is 0.000000147. The highest BCUT2D eigenvalue weighted by Gasteiger charge is 2.08. The van der Waals surface area contributed by atoms with Crippen LogP contribution >= 0.6 is 0 Å². The largest absolute Gasteiger partial charge is 0.264 e. The van der Waals surface area contributed by atoms with Gasteiger partial charge in [0.05, 0.1) is 39.9 Å². The van der Waals surface area contributed by atoms with E-state index in [-0.39, 0.29) is 0 Å². The molecule has 16 rings (SSSR count). The Morgan fingerprint density at radius 2 is 0.545 bits per heavy atom. The van der Waals surface area contributed by atoms with E-state index in [0.717, 1.165) is 108 Å². The molecule has 0 unspecified atom stereocenters. The second-order valence-electron chi connectivity index (χ2n) is 27.1. The summed E-state index contributed by atoms with van der Waals surface area (Å²) >= 11 is 0. The van der Waals surface area contributed by atoms with Crippen LogP contribution in [0.2, 0.25) is 0 Å². The predicted molar refractivity (Wildman–Crippen MR) is 456 cm³/mol. The van der Waals surface area contributed by atoms with Crippen molar-refractivity contribution in [3.63, 3.8) is 0 Å². The summed E-state index contributed by atoms with van der Waals surface area (Å²) in [4.78, 5) is 67.9. The molecule has 0 fully saturated rings. The van der Waals surface area contributed by atoms with Gasteiger partial charge in [0, 0.05) is 179 Å². The van der Waals surface area contributed by atoms with E-state index >= 15 is 0 Å². The SMILES string of the molecule is Cc1cc(-c2ccnc(C)c2)ccn1.Cc1ccc(-c2ccc(C)nc2)nc1.Cc1ccc(-c2cccc(C)n2)cn1.Cc1ccc(-c2cccc(C)n2)nc1.Cc1ccc(-c2ccnc(C)c2)nc1.Cc1ccnc(-c2cc(C)ccn2)c1.Cc1ccncc1-c1cnccc1C.Cc1cnccc1-c1ccncc1C. The van der Waals surface area contributed by atoms with Crippen molar-refractivity contribution in [2.24, 2.45) is 0 Å². The van der Waals surface area contributed by atoms with Crippen molar-refractivity contribution < 1.29 is 0 Å². The molecule has 16 aromatic heterocycles. The fraction of sp³-hybridized carbons (Fsp3) is 0.167. The lowest BCUT2D eigenvalue weighted by Gasteiger charge is -2.07. The van der Waals surface area contributed by atoms with E-state index in [1.54, 1.807) is 0 Å². The molecule has 16 nitrogen and oxygen atoms in total. The van der Waals surface area contributed by atoms with Crippen LogP contribution in [0, 0.1) is 111 Å². The maximum atomic E-state index is 4.43. The standard InChI is InChI=1S/8C12H12N2/c1-9-3-6-12(14-7-9)11-5-4-10(2)13-8-11;1-9-7-13-5-3-11(9)12-4-6-14-8-10(12)2;1-9-7-11(3-5-13-9)12-4-6-14-10(2)8-12;1-9-3-5-13-7-11(9)12-8-14-6-4-10(12)2;1-9-3-5-13-11(7-9)12-8-10(2)4-6-14-12;1-9-3-4-12(14-8-9)11-5-6-13-10(2)7-11;1-9-6-7-11(8-13-9)12-5-3-4-10(2)14-12;1-9-6-7-11(13-8-9)12-5-3-4-10(2)14-12/h8*3-8H,1-2H3. The third-order valence-electron chi connectivity index (χ3n) is 17.3. The van der Waals surface area contributed by atoms with Gasteiger partial charge in [-0.3, -0.25) is 79.7 Å². The minimum Gasteiger partial charge on any atom is -0.264 e. The molecule has 0 aliphatic heterocycles. The molecule has 0 aromatic carbocycles. The summed E-state index contributed by atoms with van der Waals surface area (Å²) in [5, 5.41) is 0. The first-order valence-electron chi connectivity index (χ1n) is 36.9. The van der Waals surface area contributed by atoms with Gasteiger partial charge in [-0.05, 0) is 335 Å². The van der Waals surface area contributed by atoms with E-state index in [2.05, 4.69) is 146 Å². The van der Waals surface area contributed by atoms with Gasteiger partial charge in [-0.25, -0.2) is 0 Å². The molecule has 0 N–H and O–H groups in total. The maximum absolute atomic E-state index is 4.43. The average Bonchev–Trinajstić information content (AvgIpc) is 0.840. The maximum Gasteiger partial charge on any atom is 0.0889 e. The van der Waals surface area contributed by atoms with Crippen LogP contribution in [0.3, 0.4) is 0 Å². The number of aryl methyl sites for hydroxylation is 16. The molecule has 16 aromatic rings. The second-order valence-corrected chi connectivity index (χ2v) is 27.1. The van der Waals surface area contributed by atoms with E-state index < -0.39 is 0 Å². The summed E-state index contributed by atoms with van der Waals surface area (Å²) in [5.74, 6) is 0. The van der Waals surface area contributed by atoms with Gasteiger partial charge in [-0.2, -0.15) is 0 Å². The second kappa shape index (κ2) is 42.2. The summed E-state index contributed by atoms with van der Waals surface area (Å²) in [5.41, 5.74) is 35.2. The highest BCUT2D eigenvalue weighted by atomic mass is 14.8. The first-order valence-corrected chi connectivity index (χ1v) is 36.9.